The smallest absolute Gasteiger partial charge is 0.338 e. The number of primary amides is 1. The van der Waals surface area contributed by atoms with Crippen LogP contribution in [0.4, 0.5) is 5.69 Å². The van der Waals surface area contributed by atoms with Crippen molar-refractivity contribution in [1.29, 1.82) is 0 Å². The molecule has 2 aromatic carbocycles. The van der Waals surface area contributed by atoms with Crippen LogP contribution in [0.25, 0.3) is 0 Å². The predicted octanol–water partition coefficient (Wildman–Crippen LogP) is 2.92. The number of carbonyl (C=O) groups excluding carboxylic acids is 3. The quantitative estimate of drug-likeness (QED) is 0.379. The molecule has 0 saturated carbocycles. The maximum atomic E-state index is 12.2. The summed E-state index contributed by atoms with van der Waals surface area (Å²) >= 11 is 5.78. The van der Waals surface area contributed by atoms with Gasteiger partial charge in [0.25, 0.3) is 5.91 Å². The Kier molecular flexibility index (Phi) is 7.26. The summed E-state index contributed by atoms with van der Waals surface area (Å²) in [5.41, 5.74) is 5.17. The number of likely N-dealkylation sites (tertiary alicyclic amines) is 1. The van der Waals surface area contributed by atoms with Gasteiger partial charge in [-0.2, -0.15) is 0 Å². The minimum absolute atomic E-state index is 0.000398. The molecule has 0 bridgehead atoms. The fourth-order valence-corrected chi connectivity index (χ4v) is 3.39. The van der Waals surface area contributed by atoms with Crippen molar-refractivity contribution in [3.05, 3.63) is 63.2 Å². The number of amides is 2. The fraction of sp³-hybridized carbons (Fsp3) is 0.286. The van der Waals surface area contributed by atoms with Crippen LogP contribution in [-0.2, 0) is 14.3 Å². The molecule has 0 spiro atoms. The number of benzene rings is 2. The van der Waals surface area contributed by atoms with Gasteiger partial charge in [-0.1, -0.05) is 11.6 Å². The third kappa shape index (κ3) is 5.73. The fourth-order valence-electron chi connectivity index (χ4n) is 3.22. The molecule has 11 heteroatoms. The molecule has 3 rings (SSSR count). The Morgan fingerprint density at radius 3 is 2.38 bits per heavy atom. The first-order valence-corrected chi connectivity index (χ1v) is 10.1. The van der Waals surface area contributed by atoms with Crippen LogP contribution in [0, 0.1) is 16.0 Å². The zero-order valence-corrected chi connectivity index (χ0v) is 17.6. The van der Waals surface area contributed by atoms with E-state index < -0.39 is 17.5 Å². The number of nitro benzene ring substituents is 1. The molecule has 1 aliphatic heterocycles. The third-order valence-corrected chi connectivity index (χ3v) is 5.25. The van der Waals surface area contributed by atoms with Gasteiger partial charge in [0, 0.05) is 30.1 Å². The summed E-state index contributed by atoms with van der Waals surface area (Å²) in [6, 6.07) is 9.75. The number of rotatable bonds is 7. The van der Waals surface area contributed by atoms with Gasteiger partial charge in [-0.3, -0.25) is 19.7 Å². The maximum absolute atomic E-state index is 12.2. The van der Waals surface area contributed by atoms with E-state index in [0.717, 1.165) is 0 Å². The number of ether oxygens (including phenoxy) is 2. The molecule has 0 aromatic heterocycles. The molecule has 10 nitrogen and oxygen atoms in total. The molecule has 32 heavy (non-hydrogen) atoms. The molecule has 0 atom stereocenters. The Balaban J connectivity index is 1.54. The van der Waals surface area contributed by atoms with Gasteiger partial charge in [0.05, 0.1) is 10.5 Å². The second kappa shape index (κ2) is 10.1. The second-order valence-corrected chi connectivity index (χ2v) is 7.57. The van der Waals surface area contributed by atoms with Crippen molar-refractivity contribution in [3.63, 3.8) is 0 Å². The van der Waals surface area contributed by atoms with Gasteiger partial charge >= 0.3 is 11.7 Å². The van der Waals surface area contributed by atoms with Crippen LogP contribution in [0.1, 0.15) is 23.2 Å². The molecular formula is C21H20ClN3O7. The second-order valence-electron chi connectivity index (χ2n) is 7.13. The Hall–Kier alpha value is -3.66. The third-order valence-electron chi connectivity index (χ3n) is 5.01. The van der Waals surface area contributed by atoms with Gasteiger partial charge in [0.2, 0.25) is 11.7 Å². The van der Waals surface area contributed by atoms with Crippen LogP contribution in [0.2, 0.25) is 5.02 Å². The number of hydrogen-bond donors (Lipinski definition) is 1. The number of esters is 1. The van der Waals surface area contributed by atoms with Gasteiger partial charge in [0.15, 0.2) is 6.61 Å². The first-order valence-electron chi connectivity index (χ1n) is 9.70. The van der Waals surface area contributed by atoms with E-state index in [1.807, 2.05) is 0 Å². The van der Waals surface area contributed by atoms with Crippen LogP contribution >= 0.6 is 11.6 Å². The molecule has 1 aliphatic rings. The van der Waals surface area contributed by atoms with Crippen molar-refractivity contribution in [1.82, 2.24) is 4.90 Å². The number of nitrogens with zero attached hydrogens (tertiary/aromatic N) is 2. The molecule has 1 heterocycles. The topological polar surface area (TPSA) is 142 Å². The van der Waals surface area contributed by atoms with Crippen molar-refractivity contribution in [2.75, 3.05) is 19.7 Å². The highest BCUT2D eigenvalue weighted by atomic mass is 35.5. The van der Waals surface area contributed by atoms with Crippen LogP contribution in [0.5, 0.6) is 11.5 Å². The molecule has 2 N–H and O–H groups in total. The highest BCUT2D eigenvalue weighted by Crippen LogP contribution is 2.33. The molecule has 2 amide bonds. The van der Waals surface area contributed by atoms with E-state index >= 15 is 0 Å². The standard InChI is InChI=1S/C21H20ClN3O7/c22-15-3-6-18(17(11-15)25(29)30)32-16-4-1-14(2-5-16)21(28)31-12-19(26)24-9-7-13(8-10-24)20(23)27/h1-6,11,13H,7-10,12H2,(H2,23,27). The highest BCUT2D eigenvalue weighted by molar-refractivity contribution is 6.30. The van der Waals surface area contributed by atoms with Gasteiger partial charge in [-0.15, -0.1) is 0 Å². The lowest BCUT2D eigenvalue weighted by molar-refractivity contribution is -0.385. The maximum Gasteiger partial charge on any atom is 0.338 e. The zero-order valence-electron chi connectivity index (χ0n) is 16.9. The van der Waals surface area contributed by atoms with Gasteiger partial charge in [-0.05, 0) is 49.2 Å². The van der Waals surface area contributed by atoms with Gasteiger partial charge in [-0.25, -0.2) is 4.79 Å². The molecule has 0 aliphatic carbocycles. The van der Waals surface area contributed by atoms with Crippen molar-refractivity contribution < 1.29 is 28.8 Å². The van der Waals surface area contributed by atoms with Crippen molar-refractivity contribution in [2.24, 2.45) is 11.7 Å². The molecular weight excluding hydrogens is 442 g/mol. The summed E-state index contributed by atoms with van der Waals surface area (Å²) in [5.74, 6) is -1.40. The first-order chi connectivity index (χ1) is 15.2. The monoisotopic (exact) mass is 461 g/mol. The number of piperidine rings is 1. The number of nitrogens with two attached hydrogens (primary N) is 1. The van der Waals surface area contributed by atoms with E-state index in [-0.39, 0.29) is 45.5 Å². The summed E-state index contributed by atoms with van der Waals surface area (Å²) in [4.78, 5) is 47.7. The summed E-state index contributed by atoms with van der Waals surface area (Å²) < 4.78 is 10.6. The summed E-state index contributed by atoms with van der Waals surface area (Å²) in [5, 5.41) is 11.4. The number of hydrogen-bond acceptors (Lipinski definition) is 7. The number of carbonyl (C=O) groups is 3. The average Bonchev–Trinajstić information content (AvgIpc) is 2.78. The Labute approximate surface area is 188 Å². The Morgan fingerprint density at radius 2 is 1.78 bits per heavy atom. The van der Waals surface area contributed by atoms with Crippen LogP contribution in [-0.4, -0.2) is 47.3 Å². The minimum Gasteiger partial charge on any atom is -0.452 e. The summed E-state index contributed by atoms with van der Waals surface area (Å²) in [6.45, 7) is 0.342. The highest BCUT2D eigenvalue weighted by Gasteiger charge is 2.26. The van der Waals surface area contributed by atoms with E-state index in [2.05, 4.69) is 0 Å². The SMILES string of the molecule is NC(=O)C1CCN(C(=O)COC(=O)c2ccc(Oc3ccc(Cl)cc3[N+](=O)[O-])cc2)CC1. The van der Waals surface area contributed by atoms with E-state index in [9.17, 15) is 24.5 Å². The van der Waals surface area contributed by atoms with E-state index in [0.29, 0.717) is 25.9 Å². The average molecular weight is 462 g/mol. The largest absolute Gasteiger partial charge is 0.452 e. The molecule has 1 saturated heterocycles. The molecule has 2 aromatic rings. The molecule has 0 radical (unpaired) electrons. The predicted molar refractivity (Wildman–Crippen MR) is 113 cm³/mol. The van der Waals surface area contributed by atoms with E-state index in [1.54, 1.807) is 0 Å². The van der Waals surface area contributed by atoms with Crippen LogP contribution < -0.4 is 10.5 Å². The zero-order chi connectivity index (χ0) is 23.3. The lowest BCUT2D eigenvalue weighted by atomic mass is 9.96. The molecule has 0 unspecified atom stereocenters. The van der Waals surface area contributed by atoms with Crippen LogP contribution in [0.3, 0.4) is 0 Å². The van der Waals surface area contributed by atoms with Crippen molar-refractivity contribution >= 4 is 35.1 Å². The number of nitro groups is 1. The Bertz CT molecular complexity index is 1030. The van der Waals surface area contributed by atoms with E-state index in [1.165, 1.54) is 47.4 Å². The summed E-state index contributed by atoms with van der Waals surface area (Å²) in [6.07, 6.45) is 0.977. The molecule has 168 valence electrons. The van der Waals surface area contributed by atoms with Crippen LogP contribution in [0.15, 0.2) is 42.5 Å². The van der Waals surface area contributed by atoms with Crippen molar-refractivity contribution in [3.8, 4) is 11.5 Å². The first kappa shape index (κ1) is 23.0. The minimum atomic E-state index is -0.700. The molecule has 1 fully saturated rings. The van der Waals surface area contributed by atoms with Gasteiger partial charge < -0.3 is 20.1 Å². The van der Waals surface area contributed by atoms with Gasteiger partial charge in [0.1, 0.15) is 5.75 Å². The lowest BCUT2D eigenvalue weighted by Gasteiger charge is -2.30. The normalized spacial score (nSPS) is 14.0. The summed E-state index contributed by atoms with van der Waals surface area (Å²) in [7, 11) is 0. The lowest BCUT2D eigenvalue weighted by Crippen LogP contribution is -2.43. The van der Waals surface area contributed by atoms with E-state index in [4.69, 9.17) is 26.8 Å². The van der Waals surface area contributed by atoms with Crippen molar-refractivity contribution in [2.45, 2.75) is 12.8 Å². The number of halogens is 1. The Morgan fingerprint density at radius 1 is 1.12 bits per heavy atom.